The zero-order chi connectivity index (χ0) is 10.5. The van der Waals surface area contributed by atoms with Crippen molar-refractivity contribution in [1.82, 2.24) is 0 Å². The van der Waals surface area contributed by atoms with Crippen molar-refractivity contribution in [2.24, 2.45) is 0 Å². The molecule has 1 saturated heterocycles. The molecule has 0 amide bonds. The van der Waals surface area contributed by atoms with Crippen LogP contribution < -0.4 is 0 Å². The first kappa shape index (κ1) is 8.74. The Labute approximate surface area is 97.3 Å². The molecule has 2 heteroatoms. The van der Waals surface area contributed by atoms with Crippen molar-refractivity contribution in [3.05, 3.63) is 54.1 Å². The fourth-order valence-corrected chi connectivity index (χ4v) is 3.33. The van der Waals surface area contributed by atoms with E-state index in [1.807, 2.05) is 11.3 Å². The molecule has 0 spiro atoms. The van der Waals surface area contributed by atoms with E-state index in [2.05, 4.69) is 42.5 Å². The first-order chi connectivity index (χ1) is 7.93. The summed E-state index contributed by atoms with van der Waals surface area (Å²) in [6.45, 7) is 0.795. The van der Waals surface area contributed by atoms with Gasteiger partial charge in [0.05, 0.1) is 6.61 Å². The smallest absolute Gasteiger partial charge is 0.152 e. The summed E-state index contributed by atoms with van der Waals surface area (Å²) in [5, 5.41) is 2.71. The van der Waals surface area contributed by atoms with E-state index in [9.17, 15) is 0 Å². The molecular weight excluding hydrogens is 216 g/mol. The average molecular weight is 225 g/mol. The molecule has 2 heterocycles. The highest BCUT2D eigenvalue weighted by atomic mass is 32.1. The van der Waals surface area contributed by atoms with Gasteiger partial charge in [-0.2, -0.15) is 0 Å². The summed E-state index contributed by atoms with van der Waals surface area (Å²) in [6, 6.07) is 15.0. The minimum absolute atomic E-state index is 0.795. The quantitative estimate of drug-likeness (QED) is 0.571. The lowest BCUT2D eigenvalue weighted by Gasteiger charge is -1.98. The van der Waals surface area contributed by atoms with E-state index in [1.165, 1.54) is 25.7 Å². The van der Waals surface area contributed by atoms with Crippen LogP contribution in [0.4, 0.5) is 0 Å². The first-order valence-electron chi connectivity index (χ1n) is 5.33. The van der Waals surface area contributed by atoms with E-state index in [0.29, 0.717) is 0 Å². The zero-order valence-corrected chi connectivity index (χ0v) is 9.38. The van der Waals surface area contributed by atoms with Gasteiger partial charge in [0.1, 0.15) is 0 Å². The van der Waals surface area contributed by atoms with Crippen LogP contribution in [0.15, 0.2) is 42.5 Å². The average Bonchev–Trinajstić information content (AvgIpc) is 3.09. The summed E-state index contributed by atoms with van der Waals surface area (Å²) < 4.78 is 8.04. The molecular formula is C14H9OS. The van der Waals surface area contributed by atoms with E-state index in [4.69, 9.17) is 4.74 Å². The van der Waals surface area contributed by atoms with Crippen molar-refractivity contribution < 1.29 is 4.74 Å². The van der Waals surface area contributed by atoms with Crippen LogP contribution in [-0.2, 0) is 4.74 Å². The molecule has 1 fully saturated rings. The Bertz CT molecular complexity index is 679. The van der Waals surface area contributed by atoms with Gasteiger partial charge in [0.25, 0.3) is 0 Å². The Kier molecular flexibility index (Phi) is 1.67. The fraction of sp³-hybridized carbons (Fsp3) is 0.0714. The molecule has 77 valence electrons. The lowest BCUT2D eigenvalue weighted by atomic mass is 10.0. The standard InChI is InChI=1S/C14H9OS/c1-2-6-12-10(4-1)14-9(11-8-15-11)5-3-7-13(14)16-12/h1-7H,8H2. The number of epoxide rings is 1. The highest BCUT2D eigenvalue weighted by Crippen LogP contribution is 2.41. The molecule has 1 aliphatic rings. The Morgan fingerprint density at radius 3 is 2.62 bits per heavy atom. The monoisotopic (exact) mass is 225 g/mol. The third-order valence-corrected chi connectivity index (χ3v) is 4.13. The van der Waals surface area contributed by atoms with E-state index in [1.54, 1.807) is 0 Å². The predicted molar refractivity (Wildman–Crippen MR) is 67.6 cm³/mol. The molecule has 1 aromatic heterocycles. The molecule has 16 heavy (non-hydrogen) atoms. The van der Waals surface area contributed by atoms with Gasteiger partial charge in [-0.1, -0.05) is 30.3 Å². The van der Waals surface area contributed by atoms with Gasteiger partial charge in [0.2, 0.25) is 0 Å². The largest absolute Gasteiger partial charge is 0.361 e. The minimum Gasteiger partial charge on any atom is -0.361 e. The van der Waals surface area contributed by atoms with Gasteiger partial charge in [-0.25, -0.2) is 0 Å². The molecule has 2 aromatic carbocycles. The number of benzene rings is 2. The van der Waals surface area contributed by atoms with Gasteiger partial charge >= 0.3 is 0 Å². The second-order valence-corrected chi connectivity index (χ2v) is 5.07. The Morgan fingerprint density at radius 1 is 0.938 bits per heavy atom. The van der Waals surface area contributed by atoms with Crippen LogP contribution >= 0.6 is 11.3 Å². The summed E-state index contributed by atoms with van der Waals surface area (Å²) in [5.41, 5.74) is 1.27. The van der Waals surface area contributed by atoms with Crippen LogP contribution in [0.3, 0.4) is 0 Å². The van der Waals surface area contributed by atoms with Crippen molar-refractivity contribution in [1.29, 1.82) is 0 Å². The number of rotatable bonds is 1. The van der Waals surface area contributed by atoms with Gasteiger partial charge in [0, 0.05) is 20.2 Å². The third-order valence-electron chi connectivity index (χ3n) is 2.99. The molecule has 1 nitrogen and oxygen atoms in total. The Hall–Kier alpha value is -1.38. The second-order valence-electron chi connectivity index (χ2n) is 3.99. The van der Waals surface area contributed by atoms with Crippen LogP contribution in [-0.4, -0.2) is 6.61 Å². The van der Waals surface area contributed by atoms with E-state index >= 15 is 0 Å². The maximum atomic E-state index is 5.34. The Balaban J connectivity index is 2.21. The van der Waals surface area contributed by atoms with Crippen molar-refractivity contribution in [3.8, 4) is 0 Å². The van der Waals surface area contributed by atoms with Gasteiger partial charge in [-0.3, -0.25) is 0 Å². The van der Waals surface area contributed by atoms with Gasteiger partial charge < -0.3 is 4.74 Å². The predicted octanol–water partition coefficient (Wildman–Crippen LogP) is 3.96. The van der Waals surface area contributed by atoms with Crippen LogP contribution in [0.2, 0.25) is 0 Å². The van der Waals surface area contributed by atoms with Gasteiger partial charge in [-0.05, 0) is 17.7 Å². The van der Waals surface area contributed by atoms with Crippen LogP contribution in [0.5, 0.6) is 0 Å². The first-order valence-corrected chi connectivity index (χ1v) is 6.14. The molecule has 0 bridgehead atoms. The van der Waals surface area contributed by atoms with Crippen molar-refractivity contribution in [2.45, 2.75) is 0 Å². The van der Waals surface area contributed by atoms with Crippen molar-refractivity contribution in [3.63, 3.8) is 0 Å². The number of hydrogen-bond acceptors (Lipinski definition) is 2. The number of hydrogen-bond donors (Lipinski definition) is 0. The molecule has 1 aliphatic heterocycles. The molecule has 1 radical (unpaired) electrons. The Morgan fingerprint density at radius 2 is 1.75 bits per heavy atom. The maximum Gasteiger partial charge on any atom is 0.152 e. The molecule has 0 atom stereocenters. The molecule has 4 rings (SSSR count). The summed E-state index contributed by atoms with van der Waals surface area (Å²) in [4.78, 5) is 0. The zero-order valence-electron chi connectivity index (χ0n) is 8.57. The second kappa shape index (κ2) is 3.06. The van der Waals surface area contributed by atoms with E-state index < -0.39 is 0 Å². The van der Waals surface area contributed by atoms with E-state index in [-0.39, 0.29) is 0 Å². The summed E-state index contributed by atoms with van der Waals surface area (Å²) in [5.74, 6) is 0. The summed E-state index contributed by atoms with van der Waals surface area (Å²) in [7, 11) is 0. The normalized spacial score (nSPS) is 16.0. The number of fused-ring (bicyclic) bond motifs is 3. The third kappa shape index (κ3) is 1.14. The number of ether oxygens (including phenoxy) is 1. The van der Waals surface area contributed by atoms with Crippen molar-refractivity contribution in [2.75, 3.05) is 6.61 Å². The van der Waals surface area contributed by atoms with Crippen LogP contribution in [0, 0.1) is 6.10 Å². The van der Waals surface area contributed by atoms with Crippen LogP contribution in [0.25, 0.3) is 20.2 Å². The highest BCUT2D eigenvalue weighted by Gasteiger charge is 2.29. The lowest BCUT2D eigenvalue weighted by molar-refractivity contribution is 0.483. The molecule has 3 aromatic rings. The molecule has 0 aliphatic carbocycles. The van der Waals surface area contributed by atoms with Gasteiger partial charge in [0.15, 0.2) is 6.10 Å². The molecule has 0 unspecified atom stereocenters. The molecule has 0 N–H and O–H groups in total. The number of thiophene rings is 1. The SMILES string of the molecule is c1ccc2c(c1)sc1cccc([C]3CO3)c12. The summed E-state index contributed by atoms with van der Waals surface area (Å²) in [6.07, 6.45) is 1.13. The topological polar surface area (TPSA) is 12.5 Å². The van der Waals surface area contributed by atoms with E-state index in [0.717, 1.165) is 12.7 Å². The lowest BCUT2D eigenvalue weighted by Crippen LogP contribution is -1.81. The van der Waals surface area contributed by atoms with Crippen molar-refractivity contribution >= 4 is 31.5 Å². The van der Waals surface area contributed by atoms with Crippen LogP contribution in [0.1, 0.15) is 5.56 Å². The molecule has 0 saturated carbocycles. The minimum atomic E-state index is 0.795. The summed E-state index contributed by atoms with van der Waals surface area (Å²) >= 11 is 1.85. The van der Waals surface area contributed by atoms with Gasteiger partial charge in [-0.15, -0.1) is 11.3 Å². The highest BCUT2D eigenvalue weighted by molar-refractivity contribution is 7.25. The maximum absolute atomic E-state index is 5.34. The fourth-order valence-electron chi connectivity index (χ4n) is 2.20.